The van der Waals surface area contributed by atoms with Crippen molar-refractivity contribution in [3.8, 4) is 0 Å². The van der Waals surface area contributed by atoms with E-state index in [0.717, 1.165) is 16.6 Å². The van der Waals surface area contributed by atoms with Crippen LogP contribution in [0.1, 0.15) is 12.1 Å². The van der Waals surface area contributed by atoms with E-state index >= 15 is 0 Å². The SMILES string of the molecule is COC(=O)CCc1n[nH]c2ccccc12. The van der Waals surface area contributed by atoms with E-state index in [1.165, 1.54) is 7.11 Å². The van der Waals surface area contributed by atoms with Crippen molar-refractivity contribution >= 4 is 16.9 Å². The summed E-state index contributed by atoms with van der Waals surface area (Å²) in [6, 6.07) is 7.86. The van der Waals surface area contributed by atoms with Crippen LogP contribution < -0.4 is 0 Å². The van der Waals surface area contributed by atoms with E-state index < -0.39 is 0 Å². The van der Waals surface area contributed by atoms with Gasteiger partial charge in [0.25, 0.3) is 0 Å². The molecule has 0 amide bonds. The number of aromatic nitrogens is 2. The molecular weight excluding hydrogens is 192 g/mol. The number of nitrogens with one attached hydrogen (secondary N) is 1. The number of carbonyl (C=O) groups excluding carboxylic acids is 1. The van der Waals surface area contributed by atoms with Crippen LogP contribution in [0.5, 0.6) is 0 Å². The van der Waals surface area contributed by atoms with Crippen molar-refractivity contribution in [1.82, 2.24) is 10.2 Å². The number of fused-ring (bicyclic) bond motifs is 1. The van der Waals surface area contributed by atoms with E-state index in [-0.39, 0.29) is 5.97 Å². The maximum atomic E-state index is 11.0. The third kappa shape index (κ3) is 1.98. The molecule has 1 aromatic heterocycles. The minimum absolute atomic E-state index is 0.206. The first kappa shape index (κ1) is 9.71. The van der Waals surface area contributed by atoms with Gasteiger partial charge in [0.15, 0.2) is 0 Å². The molecule has 1 N–H and O–H groups in total. The number of hydrogen-bond acceptors (Lipinski definition) is 3. The first-order valence-corrected chi connectivity index (χ1v) is 4.80. The molecule has 0 atom stereocenters. The quantitative estimate of drug-likeness (QED) is 0.774. The summed E-state index contributed by atoms with van der Waals surface area (Å²) in [5.41, 5.74) is 1.91. The number of hydrogen-bond donors (Lipinski definition) is 1. The Bertz CT molecular complexity index is 476. The Kier molecular flexibility index (Phi) is 2.67. The van der Waals surface area contributed by atoms with Gasteiger partial charge in [0, 0.05) is 11.8 Å². The van der Waals surface area contributed by atoms with E-state index in [9.17, 15) is 4.79 Å². The zero-order valence-corrected chi connectivity index (χ0v) is 8.49. The Balaban J connectivity index is 2.18. The highest BCUT2D eigenvalue weighted by Gasteiger charge is 2.07. The van der Waals surface area contributed by atoms with Crippen LogP contribution in [-0.4, -0.2) is 23.3 Å². The minimum Gasteiger partial charge on any atom is -0.469 e. The van der Waals surface area contributed by atoms with E-state index in [1.807, 2.05) is 24.3 Å². The summed E-state index contributed by atoms with van der Waals surface area (Å²) in [6.07, 6.45) is 0.974. The van der Waals surface area contributed by atoms with Crippen LogP contribution in [0.15, 0.2) is 24.3 Å². The van der Waals surface area contributed by atoms with Gasteiger partial charge in [-0.2, -0.15) is 5.10 Å². The van der Waals surface area contributed by atoms with Gasteiger partial charge in [-0.05, 0) is 6.07 Å². The molecule has 0 saturated carbocycles. The van der Waals surface area contributed by atoms with E-state index in [0.29, 0.717) is 12.8 Å². The predicted molar refractivity (Wildman–Crippen MR) is 56.4 cm³/mol. The third-order valence-corrected chi connectivity index (χ3v) is 2.34. The predicted octanol–water partition coefficient (Wildman–Crippen LogP) is 1.67. The topological polar surface area (TPSA) is 55.0 Å². The fourth-order valence-corrected chi connectivity index (χ4v) is 1.53. The first-order valence-electron chi connectivity index (χ1n) is 4.80. The number of carbonyl (C=O) groups is 1. The van der Waals surface area contributed by atoms with Crippen molar-refractivity contribution in [3.05, 3.63) is 30.0 Å². The highest BCUT2D eigenvalue weighted by molar-refractivity contribution is 5.81. The van der Waals surface area contributed by atoms with Crippen molar-refractivity contribution in [1.29, 1.82) is 0 Å². The Labute approximate surface area is 87.2 Å². The molecule has 4 heteroatoms. The molecule has 0 aliphatic rings. The van der Waals surface area contributed by atoms with Gasteiger partial charge >= 0.3 is 5.97 Å². The number of methoxy groups -OCH3 is 1. The molecule has 1 heterocycles. The zero-order chi connectivity index (χ0) is 10.7. The van der Waals surface area contributed by atoms with Crippen LogP contribution in [0.25, 0.3) is 10.9 Å². The second-order valence-corrected chi connectivity index (χ2v) is 3.29. The molecule has 0 aliphatic heterocycles. The van der Waals surface area contributed by atoms with Gasteiger partial charge < -0.3 is 4.74 Å². The molecule has 15 heavy (non-hydrogen) atoms. The van der Waals surface area contributed by atoms with Gasteiger partial charge in [-0.1, -0.05) is 18.2 Å². The third-order valence-electron chi connectivity index (χ3n) is 2.34. The van der Waals surface area contributed by atoms with Crippen LogP contribution in [-0.2, 0) is 16.0 Å². The van der Waals surface area contributed by atoms with Crippen LogP contribution in [0.3, 0.4) is 0 Å². The smallest absolute Gasteiger partial charge is 0.305 e. The molecule has 0 radical (unpaired) electrons. The summed E-state index contributed by atoms with van der Waals surface area (Å²) >= 11 is 0. The average Bonchev–Trinajstić information content (AvgIpc) is 2.69. The van der Waals surface area contributed by atoms with Gasteiger partial charge in [-0.3, -0.25) is 9.89 Å². The summed E-state index contributed by atoms with van der Waals surface area (Å²) < 4.78 is 4.58. The molecular formula is C11H12N2O2. The lowest BCUT2D eigenvalue weighted by molar-refractivity contribution is -0.140. The maximum Gasteiger partial charge on any atom is 0.305 e. The highest BCUT2D eigenvalue weighted by atomic mass is 16.5. The second kappa shape index (κ2) is 4.13. The van der Waals surface area contributed by atoms with Crippen molar-refractivity contribution in [2.75, 3.05) is 7.11 Å². The van der Waals surface area contributed by atoms with Gasteiger partial charge in [-0.25, -0.2) is 0 Å². The number of aryl methyl sites for hydroxylation is 1. The second-order valence-electron chi connectivity index (χ2n) is 3.29. The molecule has 2 aromatic rings. The van der Waals surface area contributed by atoms with Crippen LogP contribution in [0, 0.1) is 0 Å². The number of esters is 1. The fourth-order valence-electron chi connectivity index (χ4n) is 1.53. The highest BCUT2D eigenvalue weighted by Crippen LogP contribution is 2.16. The van der Waals surface area contributed by atoms with Crippen molar-refractivity contribution < 1.29 is 9.53 Å². The number of para-hydroxylation sites is 1. The number of rotatable bonds is 3. The van der Waals surface area contributed by atoms with E-state index in [2.05, 4.69) is 14.9 Å². The van der Waals surface area contributed by atoms with Crippen molar-refractivity contribution in [3.63, 3.8) is 0 Å². The molecule has 4 nitrogen and oxygen atoms in total. The summed E-state index contributed by atoms with van der Waals surface area (Å²) in [4.78, 5) is 11.0. The average molecular weight is 204 g/mol. The maximum absolute atomic E-state index is 11.0. The molecule has 0 saturated heterocycles. The van der Waals surface area contributed by atoms with Gasteiger partial charge in [-0.15, -0.1) is 0 Å². The lowest BCUT2D eigenvalue weighted by Crippen LogP contribution is -2.02. The number of aromatic amines is 1. The Morgan fingerprint density at radius 3 is 3.07 bits per heavy atom. The Hall–Kier alpha value is -1.84. The summed E-state index contributed by atoms with van der Waals surface area (Å²) in [7, 11) is 1.39. The Morgan fingerprint density at radius 2 is 2.27 bits per heavy atom. The monoisotopic (exact) mass is 204 g/mol. The van der Waals surface area contributed by atoms with Gasteiger partial charge in [0.1, 0.15) is 0 Å². The molecule has 0 fully saturated rings. The molecule has 0 aliphatic carbocycles. The standard InChI is InChI=1S/C11H12N2O2/c1-15-11(14)7-6-10-8-4-2-3-5-9(8)12-13-10/h2-5H,6-7H2,1H3,(H,12,13). The lowest BCUT2D eigenvalue weighted by Gasteiger charge is -1.96. The molecule has 0 unspecified atom stereocenters. The van der Waals surface area contributed by atoms with Crippen LogP contribution in [0.4, 0.5) is 0 Å². The fraction of sp³-hybridized carbons (Fsp3) is 0.273. The first-order chi connectivity index (χ1) is 7.31. The van der Waals surface area contributed by atoms with Gasteiger partial charge in [0.05, 0.1) is 24.7 Å². The van der Waals surface area contributed by atoms with E-state index in [4.69, 9.17) is 0 Å². The van der Waals surface area contributed by atoms with Crippen molar-refractivity contribution in [2.24, 2.45) is 0 Å². The van der Waals surface area contributed by atoms with Crippen LogP contribution in [0.2, 0.25) is 0 Å². The normalized spacial score (nSPS) is 10.5. The largest absolute Gasteiger partial charge is 0.469 e. The van der Waals surface area contributed by atoms with E-state index in [1.54, 1.807) is 0 Å². The molecule has 1 aromatic carbocycles. The molecule has 78 valence electrons. The molecule has 0 bridgehead atoms. The summed E-state index contributed by atoms with van der Waals surface area (Å²) in [5, 5.41) is 8.17. The molecule has 2 rings (SSSR count). The Morgan fingerprint density at radius 1 is 1.47 bits per heavy atom. The number of benzene rings is 1. The summed E-state index contributed by atoms with van der Waals surface area (Å²) in [5.74, 6) is -0.206. The van der Waals surface area contributed by atoms with Gasteiger partial charge in [0.2, 0.25) is 0 Å². The minimum atomic E-state index is -0.206. The lowest BCUT2D eigenvalue weighted by atomic mass is 10.1. The number of H-pyrrole nitrogens is 1. The summed E-state index contributed by atoms with van der Waals surface area (Å²) in [6.45, 7) is 0. The zero-order valence-electron chi connectivity index (χ0n) is 8.49. The van der Waals surface area contributed by atoms with Crippen molar-refractivity contribution in [2.45, 2.75) is 12.8 Å². The number of ether oxygens (including phenoxy) is 1. The van der Waals surface area contributed by atoms with Crippen LogP contribution >= 0.6 is 0 Å². The number of nitrogens with zero attached hydrogens (tertiary/aromatic N) is 1. The molecule has 0 spiro atoms.